The molecule has 0 saturated carbocycles. The third-order valence-corrected chi connectivity index (χ3v) is 8.00. The molecule has 1 aromatic carbocycles. The summed E-state index contributed by atoms with van der Waals surface area (Å²) in [6, 6.07) is -0.340. The highest BCUT2D eigenvalue weighted by Gasteiger charge is 2.66. The maximum Gasteiger partial charge on any atom is 0.334 e. The molecule has 0 aliphatic carbocycles. The van der Waals surface area contributed by atoms with Crippen molar-refractivity contribution in [1.29, 1.82) is 0 Å². The number of carbonyl (C=O) groups excluding carboxylic acids is 3. The number of barbiturate groups is 1. The Morgan fingerprint density at radius 3 is 2.33 bits per heavy atom. The first kappa shape index (κ1) is 25.2. The number of hydrogen-bond donors (Lipinski definition) is 0. The van der Waals surface area contributed by atoms with Gasteiger partial charge in [-0.15, -0.1) is 0 Å². The van der Waals surface area contributed by atoms with Crippen molar-refractivity contribution >= 4 is 55.4 Å². The summed E-state index contributed by atoms with van der Waals surface area (Å²) in [4.78, 5) is 52.3. The number of hydrogen-bond acceptors (Lipinski definition) is 7. The molecule has 2 saturated heterocycles. The molecule has 4 amide bonds. The number of urea groups is 1. The number of fused-ring (bicyclic) bond motifs is 4. The van der Waals surface area contributed by atoms with Crippen LogP contribution in [0, 0.1) is 17.0 Å². The topological polar surface area (TPSA) is 95.9 Å². The van der Waals surface area contributed by atoms with Crippen molar-refractivity contribution in [3.63, 3.8) is 0 Å². The molecule has 4 heterocycles. The molecular weight excluding hydrogens is 608 g/mol. The smallest absolute Gasteiger partial charge is 0.334 e. The fraction of sp³-hybridized carbons (Fsp3) is 0.435. The van der Waals surface area contributed by atoms with Crippen molar-refractivity contribution in [2.75, 3.05) is 22.4 Å². The molecule has 9 nitrogen and oxygen atoms in total. The highest BCUT2D eigenvalue weighted by molar-refractivity contribution is 9.09. The molecule has 13 heteroatoms. The Labute approximate surface area is 222 Å². The highest BCUT2D eigenvalue weighted by Crippen LogP contribution is 2.51. The number of nitrogens with zero attached hydrogens (tertiary/aromatic N) is 5. The summed E-state index contributed by atoms with van der Waals surface area (Å²) in [5.41, 5.74) is -1.89. The summed E-state index contributed by atoms with van der Waals surface area (Å²) in [5.74, 6) is -3.64. The zero-order chi connectivity index (χ0) is 25.9. The Balaban J connectivity index is 1.79. The van der Waals surface area contributed by atoms with E-state index in [-0.39, 0.29) is 46.4 Å². The summed E-state index contributed by atoms with van der Waals surface area (Å²) in [5, 5.41) is 0. The third kappa shape index (κ3) is 3.42. The molecule has 3 aliphatic rings. The molecule has 0 bridgehead atoms. The number of carbonyl (C=O) groups is 3. The van der Waals surface area contributed by atoms with Gasteiger partial charge in [-0.25, -0.2) is 13.6 Å². The van der Waals surface area contributed by atoms with Gasteiger partial charge in [0.15, 0.2) is 17.0 Å². The van der Waals surface area contributed by atoms with Crippen molar-refractivity contribution in [2.45, 2.75) is 38.5 Å². The van der Waals surface area contributed by atoms with E-state index in [2.05, 4.69) is 41.8 Å². The number of anilines is 1. The second kappa shape index (κ2) is 9.10. The second-order valence-corrected chi connectivity index (χ2v) is 10.0. The van der Waals surface area contributed by atoms with Gasteiger partial charge in [-0.1, -0.05) is 31.9 Å². The van der Waals surface area contributed by atoms with Crippen LogP contribution >= 0.6 is 31.9 Å². The number of morpholine rings is 1. The fourth-order valence-electron chi connectivity index (χ4n) is 5.68. The molecule has 3 atom stereocenters. The molecule has 0 N–H and O–H groups in total. The van der Waals surface area contributed by atoms with E-state index in [0.29, 0.717) is 0 Å². The number of rotatable bonds is 3. The lowest BCUT2D eigenvalue weighted by atomic mass is 9.65. The highest BCUT2D eigenvalue weighted by atomic mass is 79.9. The zero-order valence-electron chi connectivity index (χ0n) is 19.3. The van der Waals surface area contributed by atoms with Crippen molar-refractivity contribution in [1.82, 2.24) is 19.8 Å². The summed E-state index contributed by atoms with van der Waals surface area (Å²) < 4.78 is 37.2. The SMILES string of the molecule is C[C@H]1CN2c3c(cc(-c4cnccn4)c(F)c3F)CC3(C(=O)N(CBr)C(=O)N(CBr)C3=O)[C@@H]2[C@@H](C)O1. The molecule has 36 heavy (non-hydrogen) atoms. The van der Waals surface area contributed by atoms with Crippen LogP contribution in [-0.2, 0) is 20.7 Å². The maximum atomic E-state index is 15.8. The number of benzene rings is 1. The number of halogens is 4. The van der Waals surface area contributed by atoms with E-state index in [0.717, 1.165) is 9.80 Å². The van der Waals surface area contributed by atoms with Gasteiger partial charge < -0.3 is 9.64 Å². The van der Waals surface area contributed by atoms with Crippen molar-refractivity contribution in [3.8, 4) is 11.3 Å². The monoisotopic (exact) mass is 627 g/mol. The van der Waals surface area contributed by atoms with Crippen LogP contribution in [0.4, 0.5) is 19.3 Å². The van der Waals surface area contributed by atoms with Gasteiger partial charge >= 0.3 is 6.03 Å². The van der Waals surface area contributed by atoms with Crippen molar-refractivity contribution in [2.24, 2.45) is 5.41 Å². The predicted octanol–water partition coefficient (Wildman–Crippen LogP) is 3.44. The van der Waals surface area contributed by atoms with E-state index in [1.54, 1.807) is 18.7 Å². The quantitative estimate of drug-likeness (QED) is 0.292. The van der Waals surface area contributed by atoms with E-state index < -0.39 is 53.1 Å². The number of amides is 4. The molecular formula is C23H21Br2F2N5O4. The minimum absolute atomic E-state index is 0.0222. The van der Waals surface area contributed by atoms with E-state index in [9.17, 15) is 14.4 Å². The zero-order valence-corrected chi connectivity index (χ0v) is 22.4. The van der Waals surface area contributed by atoms with Gasteiger partial charge in [-0.2, -0.15) is 0 Å². The summed E-state index contributed by atoms with van der Waals surface area (Å²) in [6.45, 7) is 3.58. The first-order valence-corrected chi connectivity index (χ1v) is 13.4. The third-order valence-electron chi connectivity index (χ3n) is 7.00. The lowest BCUT2D eigenvalue weighted by Gasteiger charge is -2.57. The van der Waals surface area contributed by atoms with Crippen LogP contribution in [-0.4, -0.2) is 73.3 Å². The van der Waals surface area contributed by atoms with Gasteiger partial charge in [0, 0.05) is 30.9 Å². The molecule has 0 unspecified atom stereocenters. The van der Waals surface area contributed by atoms with E-state index in [1.165, 1.54) is 24.7 Å². The molecule has 2 fully saturated rings. The Morgan fingerprint density at radius 2 is 1.75 bits per heavy atom. The molecule has 2 aromatic rings. The van der Waals surface area contributed by atoms with Crippen LogP contribution in [0.15, 0.2) is 24.7 Å². The van der Waals surface area contributed by atoms with Crippen LogP contribution in [0.1, 0.15) is 19.4 Å². The first-order chi connectivity index (χ1) is 17.2. The Kier molecular flexibility index (Phi) is 6.36. The lowest BCUT2D eigenvalue weighted by molar-refractivity contribution is -0.166. The van der Waals surface area contributed by atoms with Gasteiger partial charge in [0.05, 0.1) is 46.7 Å². The van der Waals surface area contributed by atoms with Crippen molar-refractivity contribution in [3.05, 3.63) is 41.9 Å². The van der Waals surface area contributed by atoms with Gasteiger partial charge in [-0.3, -0.25) is 29.4 Å². The van der Waals surface area contributed by atoms with Crippen LogP contribution in [0.25, 0.3) is 11.3 Å². The summed E-state index contributed by atoms with van der Waals surface area (Å²) in [7, 11) is 0. The van der Waals surface area contributed by atoms with E-state index in [1.807, 2.05) is 0 Å². The number of imide groups is 2. The molecule has 190 valence electrons. The van der Waals surface area contributed by atoms with Gasteiger partial charge in [0.1, 0.15) is 0 Å². The van der Waals surface area contributed by atoms with Crippen LogP contribution in [0.5, 0.6) is 0 Å². The predicted molar refractivity (Wildman–Crippen MR) is 131 cm³/mol. The van der Waals surface area contributed by atoms with Crippen LogP contribution in [0.3, 0.4) is 0 Å². The fourth-order valence-corrected chi connectivity index (χ4v) is 6.56. The largest absolute Gasteiger partial charge is 0.372 e. The minimum Gasteiger partial charge on any atom is -0.372 e. The minimum atomic E-state index is -1.81. The molecule has 3 aliphatic heterocycles. The molecule has 0 radical (unpaired) electrons. The number of aromatic nitrogens is 2. The number of alkyl halides is 2. The maximum absolute atomic E-state index is 15.8. The molecule has 1 aromatic heterocycles. The van der Waals surface area contributed by atoms with Crippen LogP contribution < -0.4 is 4.90 Å². The second-order valence-electron chi connectivity index (χ2n) is 9.04. The Bertz CT molecular complexity index is 1240. The average molecular weight is 629 g/mol. The lowest BCUT2D eigenvalue weighted by Crippen LogP contribution is -2.76. The van der Waals surface area contributed by atoms with Crippen molar-refractivity contribution < 1.29 is 27.9 Å². The van der Waals surface area contributed by atoms with Crippen LogP contribution in [0.2, 0.25) is 0 Å². The number of ether oxygens (including phenoxy) is 1. The normalized spacial score (nSPS) is 25.3. The first-order valence-electron chi connectivity index (χ1n) is 11.2. The average Bonchev–Trinajstić information content (AvgIpc) is 2.85. The molecule has 5 rings (SSSR count). The van der Waals surface area contributed by atoms with E-state index >= 15 is 8.78 Å². The van der Waals surface area contributed by atoms with Gasteiger partial charge in [0.2, 0.25) is 11.8 Å². The summed E-state index contributed by atoms with van der Waals surface area (Å²) >= 11 is 6.37. The van der Waals surface area contributed by atoms with Gasteiger partial charge in [0.25, 0.3) is 0 Å². The Morgan fingerprint density at radius 1 is 1.08 bits per heavy atom. The Hall–Kier alpha value is -2.51. The summed E-state index contributed by atoms with van der Waals surface area (Å²) in [6.07, 6.45) is 2.71. The molecule has 1 spiro atoms. The van der Waals surface area contributed by atoms with E-state index in [4.69, 9.17) is 4.74 Å². The standard InChI is InChI=1S/C23H21Br2F2N5O4/c1-11-8-30-18-13(5-14(16(26)17(18)27)15-7-28-3-4-29-15)6-23(19(30)12(2)36-11)20(33)31(9-24)22(35)32(10-25)21(23)34/h3-5,7,11-12,19H,6,8-10H2,1-2H3/t11-,12+,19-/m0/s1. The van der Waals surface area contributed by atoms with Gasteiger partial charge in [-0.05, 0) is 25.5 Å².